The maximum Gasteiger partial charge on any atom is 0.133 e. The van der Waals surface area contributed by atoms with Crippen LogP contribution in [0.1, 0.15) is 38.4 Å². The molecule has 0 atom stereocenters. The van der Waals surface area contributed by atoms with Crippen LogP contribution in [0.4, 0.5) is 5.82 Å². The van der Waals surface area contributed by atoms with Gasteiger partial charge < -0.3 is 4.90 Å². The molecule has 0 aromatic carbocycles. The Balaban J connectivity index is 2.00. The normalized spacial score (nSPS) is 17.5. The average molecular weight is 298 g/mol. The summed E-state index contributed by atoms with van der Waals surface area (Å²) in [6.45, 7) is 6.48. The van der Waals surface area contributed by atoms with Crippen LogP contribution in [-0.2, 0) is 0 Å². The Kier molecular flexibility index (Phi) is 4.37. The largest absolute Gasteiger partial charge is 0.356 e. The van der Waals surface area contributed by atoms with Crippen molar-refractivity contribution in [2.45, 2.75) is 39.5 Å². The maximum absolute atomic E-state index is 4.51. The molecule has 0 spiro atoms. The smallest absolute Gasteiger partial charge is 0.133 e. The lowest BCUT2D eigenvalue weighted by Crippen LogP contribution is -2.34. The molecule has 0 bridgehead atoms. The molecule has 0 amide bonds. The van der Waals surface area contributed by atoms with Gasteiger partial charge >= 0.3 is 0 Å². The molecule has 3 nitrogen and oxygen atoms in total. The molecule has 0 aliphatic carbocycles. The van der Waals surface area contributed by atoms with Gasteiger partial charge in [-0.05, 0) is 41.6 Å². The molecule has 2 heterocycles. The molecule has 2 rings (SSSR count). The van der Waals surface area contributed by atoms with Crippen LogP contribution in [-0.4, -0.2) is 23.1 Å². The van der Waals surface area contributed by atoms with E-state index in [1.165, 1.54) is 25.7 Å². The fourth-order valence-electron chi connectivity index (χ4n) is 2.54. The minimum absolute atomic E-state index is 0.838. The molecule has 0 saturated carbocycles. The third kappa shape index (κ3) is 3.41. The van der Waals surface area contributed by atoms with E-state index in [2.05, 4.69) is 37.7 Å². The van der Waals surface area contributed by atoms with E-state index in [1.54, 1.807) is 0 Å². The number of piperidine rings is 1. The molecule has 0 unspecified atom stereocenters. The van der Waals surface area contributed by atoms with Gasteiger partial charge in [-0.25, -0.2) is 9.97 Å². The van der Waals surface area contributed by atoms with Crippen LogP contribution >= 0.6 is 15.9 Å². The SMILES string of the molecule is CCCC1CCN(c2cc(Br)nc(C)n2)CC1. The van der Waals surface area contributed by atoms with Gasteiger partial charge in [-0.15, -0.1) is 0 Å². The third-order valence-electron chi connectivity index (χ3n) is 3.43. The summed E-state index contributed by atoms with van der Waals surface area (Å²) in [5, 5.41) is 0. The highest BCUT2D eigenvalue weighted by molar-refractivity contribution is 9.10. The Morgan fingerprint density at radius 1 is 1.35 bits per heavy atom. The number of anilines is 1. The molecule has 0 N–H and O–H groups in total. The van der Waals surface area contributed by atoms with Crippen molar-refractivity contribution in [1.29, 1.82) is 0 Å². The zero-order valence-corrected chi connectivity index (χ0v) is 12.2. The number of aromatic nitrogens is 2. The monoisotopic (exact) mass is 297 g/mol. The highest BCUT2D eigenvalue weighted by atomic mass is 79.9. The van der Waals surface area contributed by atoms with Gasteiger partial charge in [0.25, 0.3) is 0 Å². The van der Waals surface area contributed by atoms with Crippen LogP contribution in [0.5, 0.6) is 0 Å². The number of rotatable bonds is 3. The fourth-order valence-corrected chi connectivity index (χ4v) is 3.00. The third-order valence-corrected chi connectivity index (χ3v) is 3.83. The molecule has 1 aliphatic rings. The Labute approximate surface area is 112 Å². The van der Waals surface area contributed by atoms with Crippen molar-refractivity contribution in [3.8, 4) is 0 Å². The van der Waals surface area contributed by atoms with Crippen molar-refractivity contribution in [3.05, 3.63) is 16.5 Å². The van der Waals surface area contributed by atoms with Gasteiger partial charge in [0.1, 0.15) is 16.2 Å². The zero-order chi connectivity index (χ0) is 12.3. The Morgan fingerprint density at radius 2 is 2.06 bits per heavy atom. The molecule has 1 fully saturated rings. The van der Waals surface area contributed by atoms with Crippen LogP contribution in [0, 0.1) is 12.8 Å². The number of hydrogen-bond donors (Lipinski definition) is 0. The first-order chi connectivity index (χ1) is 8.19. The summed E-state index contributed by atoms with van der Waals surface area (Å²) in [5.41, 5.74) is 0. The summed E-state index contributed by atoms with van der Waals surface area (Å²) in [6.07, 6.45) is 5.28. The maximum atomic E-state index is 4.51. The molecular weight excluding hydrogens is 278 g/mol. The molecule has 0 radical (unpaired) electrons. The second-order valence-electron chi connectivity index (χ2n) is 4.82. The van der Waals surface area contributed by atoms with Crippen molar-refractivity contribution in [1.82, 2.24) is 9.97 Å². The topological polar surface area (TPSA) is 29.0 Å². The summed E-state index contributed by atoms with van der Waals surface area (Å²) >= 11 is 3.44. The van der Waals surface area contributed by atoms with Gasteiger partial charge in [0.05, 0.1) is 0 Å². The van der Waals surface area contributed by atoms with Crippen LogP contribution in [0.3, 0.4) is 0 Å². The molecule has 1 aliphatic heterocycles. The summed E-state index contributed by atoms with van der Waals surface area (Å²) in [5.74, 6) is 2.83. The summed E-state index contributed by atoms with van der Waals surface area (Å²) < 4.78 is 0.885. The predicted molar refractivity (Wildman–Crippen MR) is 74.3 cm³/mol. The molecule has 94 valence electrons. The van der Waals surface area contributed by atoms with E-state index in [4.69, 9.17) is 0 Å². The first-order valence-corrected chi connectivity index (χ1v) is 7.24. The standard InChI is InChI=1S/C13H20BrN3/c1-3-4-11-5-7-17(8-6-11)13-9-12(14)15-10(2)16-13/h9,11H,3-8H2,1-2H3. The molecule has 1 aromatic rings. The van der Waals surface area contributed by atoms with Gasteiger partial charge in [0.15, 0.2) is 0 Å². The Bertz CT molecular complexity index is 353. The first-order valence-electron chi connectivity index (χ1n) is 6.45. The second-order valence-corrected chi connectivity index (χ2v) is 5.63. The number of halogens is 1. The number of aryl methyl sites for hydroxylation is 1. The molecule has 1 aromatic heterocycles. The van der Waals surface area contributed by atoms with E-state index >= 15 is 0 Å². The minimum atomic E-state index is 0.838. The van der Waals surface area contributed by atoms with Crippen molar-refractivity contribution in [2.75, 3.05) is 18.0 Å². The highest BCUT2D eigenvalue weighted by Gasteiger charge is 2.19. The Morgan fingerprint density at radius 3 is 2.65 bits per heavy atom. The summed E-state index contributed by atoms with van der Waals surface area (Å²) in [7, 11) is 0. The lowest BCUT2D eigenvalue weighted by atomic mass is 9.92. The molecule has 17 heavy (non-hydrogen) atoms. The van der Waals surface area contributed by atoms with Gasteiger partial charge in [-0.2, -0.15) is 0 Å². The van der Waals surface area contributed by atoms with Crippen LogP contribution in [0.25, 0.3) is 0 Å². The Hall–Kier alpha value is -0.640. The van der Waals surface area contributed by atoms with Crippen molar-refractivity contribution >= 4 is 21.7 Å². The zero-order valence-electron chi connectivity index (χ0n) is 10.6. The van der Waals surface area contributed by atoms with E-state index in [9.17, 15) is 0 Å². The van der Waals surface area contributed by atoms with Crippen molar-refractivity contribution < 1.29 is 0 Å². The molecule has 1 saturated heterocycles. The van der Waals surface area contributed by atoms with Crippen LogP contribution in [0.15, 0.2) is 10.7 Å². The first kappa shape index (κ1) is 12.8. The van der Waals surface area contributed by atoms with E-state index in [0.717, 1.165) is 35.3 Å². The minimum Gasteiger partial charge on any atom is -0.356 e. The van der Waals surface area contributed by atoms with Gasteiger partial charge in [0.2, 0.25) is 0 Å². The number of hydrogen-bond acceptors (Lipinski definition) is 3. The highest BCUT2D eigenvalue weighted by Crippen LogP contribution is 2.25. The van der Waals surface area contributed by atoms with E-state index in [-0.39, 0.29) is 0 Å². The predicted octanol–water partition coefficient (Wildman–Crippen LogP) is 3.56. The lowest BCUT2D eigenvalue weighted by Gasteiger charge is -2.32. The lowest BCUT2D eigenvalue weighted by molar-refractivity contribution is 0.377. The molecule has 4 heteroatoms. The van der Waals surface area contributed by atoms with Crippen LogP contribution in [0.2, 0.25) is 0 Å². The second kappa shape index (κ2) is 5.80. The fraction of sp³-hybridized carbons (Fsp3) is 0.692. The van der Waals surface area contributed by atoms with E-state index in [1.807, 2.05) is 13.0 Å². The summed E-state index contributed by atoms with van der Waals surface area (Å²) in [6, 6.07) is 2.02. The average Bonchev–Trinajstić information content (AvgIpc) is 2.29. The summed E-state index contributed by atoms with van der Waals surface area (Å²) in [4.78, 5) is 11.1. The van der Waals surface area contributed by atoms with Crippen molar-refractivity contribution in [3.63, 3.8) is 0 Å². The quantitative estimate of drug-likeness (QED) is 0.799. The van der Waals surface area contributed by atoms with Crippen LogP contribution < -0.4 is 4.90 Å². The van der Waals surface area contributed by atoms with Crippen molar-refractivity contribution in [2.24, 2.45) is 5.92 Å². The van der Waals surface area contributed by atoms with E-state index in [0.29, 0.717) is 0 Å². The molecular formula is C13H20BrN3. The van der Waals surface area contributed by atoms with Gasteiger partial charge in [0, 0.05) is 19.2 Å². The van der Waals surface area contributed by atoms with Gasteiger partial charge in [-0.3, -0.25) is 0 Å². The van der Waals surface area contributed by atoms with Gasteiger partial charge in [-0.1, -0.05) is 19.8 Å². The van der Waals surface area contributed by atoms with E-state index < -0.39 is 0 Å². The number of nitrogens with zero attached hydrogens (tertiary/aromatic N) is 3.